The van der Waals surface area contributed by atoms with Crippen molar-refractivity contribution in [1.82, 2.24) is 19.7 Å². The zero-order valence-corrected chi connectivity index (χ0v) is 15.3. The third-order valence-corrected chi connectivity index (χ3v) is 4.59. The molecule has 2 aromatic heterocycles. The number of hydrogen-bond acceptors (Lipinski definition) is 4. The highest BCUT2D eigenvalue weighted by Crippen LogP contribution is 2.28. The fourth-order valence-corrected chi connectivity index (χ4v) is 3.06. The van der Waals surface area contributed by atoms with Gasteiger partial charge in [0.2, 0.25) is 0 Å². The van der Waals surface area contributed by atoms with Crippen LogP contribution in [0.15, 0.2) is 54.9 Å². The highest BCUT2D eigenvalue weighted by Gasteiger charge is 2.15. The summed E-state index contributed by atoms with van der Waals surface area (Å²) in [5, 5.41) is 9.63. The van der Waals surface area contributed by atoms with Gasteiger partial charge in [0.25, 0.3) is 0 Å². The Balaban J connectivity index is 1.78. The normalized spacial score (nSPS) is 11.0. The van der Waals surface area contributed by atoms with Gasteiger partial charge >= 0.3 is 0 Å². The average molecular weight is 364 g/mol. The molecule has 0 saturated carbocycles. The van der Waals surface area contributed by atoms with Crippen LogP contribution in [0.3, 0.4) is 0 Å². The molecule has 0 aliphatic carbocycles. The van der Waals surface area contributed by atoms with E-state index in [0.29, 0.717) is 5.02 Å². The second-order valence-electron chi connectivity index (χ2n) is 6.07. The molecule has 0 amide bonds. The zero-order valence-electron chi connectivity index (χ0n) is 14.6. The molecule has 0 saturated heterocycles. The van der Waals surface area contributed by atoms with Crippen molar-refractivity contribution >= 4 is 34.1 Å². The van der Waals surface area contributed by atoms with Crippen LogP contribution in [0.4, 0.5) is 11.5 Å². The van der Waals surface area contributed by atoms with E-state index in [1.807, 2.05) is 35.9 Å². The Morgan fingerprint density at radius 1 is 1.00 bits per heavy atom. The maximum Gasteiger partial charge on any atom is 0.168 e. The van der Waals surface area contributed by atoms with Crippen molar-refractivity contribution in [3.8, 4) is 5.69 Å². The van der Waals surface area contributed by atoms with Crippen LogP contribution < -0.4 is 5.32 Å². The third kappa shape index (κ3) is 3.02. The highest BCUT2D eigenvalue weighted by atomic mass is 35.5. The van der Waals surface area contributed by atoms with Gasteiger partial charge in [-0.25, -0.2) is 14.6 Å². The highest BCUT2D eigenvalue weighted by molar-refractivity contribution is 6.30. The molecule has 26 heavy (non-hydrogen) atoms. The molecule has 4 rings (SSSR count). The molecule has 0 unspecified atom stereocenters. The molecule has 0 radical (unpaired) electrons. The summed E-state index contributed by atoms with van der Waals surface area (Å²) in [5.74, 6) is 0.747. The molecule has 0 aliphatic heterocycles. The van der Waals surface area contributed by atoms with Gasteiger partial charge in [-0.05, 0) is 55.3 Å². The average Bonchev–Trinajstić information content (AvgIpc) is 3.01. The monoisotopic (exact) mass is 363 g/mol. The van der Waals surface area contributed by atoms with Crippen molar-refractivity contribution < 1.29 is 0 Å². The van der Waals surface area contributed by atoms with Gasteiger partial charge in [0.15, 0.2) is 5.65 Å². The molecule has 5 nitrogen and oxygen atoms in total. The van der Waals surface area contributed by atoms with E-state index in [-0.39, 0.29) is 0 Å². The Morgan fingerprint density at radius 2 is 1.73 bits per heavy atom. The van der Waals surface area contributed by atoms with Crippen molar-refractivity contribution in [2.24, 2.45) is 0 Å². The van der Waals surface area contributed by atoms with Crippen LogP contribution in [0.25, 0.3) is 16.7 Å². The van der Waals surface area contributed by atoms with E-state index >= 15 is 0 Å². The number of hydrogen-bond donors (Lipinski definition) is 1. The number of nitrogens with zero attached hydrogens (tertiary/aromatic N) is 4. The summed E-state index contributed by atoms with van der Waals surface area (Å²) in [6.07, 6.45) is 2.57. The second kappa shape index (κ2) is 6.77. The molecule has 0 aliphatic rings. The summed E-state index contributed by atoms with van der Waals surface area (Å²) >= 11 is 5.99. The van der Waals surface area contributed by atoms with Gasteiger partial charge in [0.1, 0.15) is 12.1 Å². The number of fused-ring (bicyclic) bond motifs is 1. The molecular weight excluding hydrogens is 346 g/mol. The minimum absolute atomic E-state index is 0.689. The van der Waals surface area contributed by atoms with E-state index in [0.717, 1.165) is 40.3 Å². The first-order valence-electron chi connectivity index (χ1n) is 8.48. The lowest BCUT2D eigenvalue weighted by Gasteiger charge is -2.08. The number of anilines is 2. The van der Waals surface area contributed by atoms with E-state index < -0.39 is 0 Å². The summed E-state index contributed by atoms with van der Waals surface area (Å²) < 4.78 is 1.81. The summed E-state index contributed by atoms with van der Waals surface area (Å²) in [7, 11) is 0. The van der Waals surface area contributed by atoms with Crippen molar-refractivity contribution in [2.45, 2.75) is 20.3 Å². The van der Waals surface area contributed by atoms with Crippen molar-refractivity contribution in [3.05, 3.63) is 71.1 Å². The summed E-state index contributed by atoms with van der Waals surface area (Å²) in [6.45, 7) is 4.11. The Hall–Kier alpha value is -2.92. The predicted molar refractivity (Wildman–Crippen MR) is 106 cm³/mol. The Bertz CT molecular complexity index is 1050. The zero-order chi connectivity index (χ0) is 18.1. The van der Waals surface area contributed by atoms with Crippen molar-refractivity contribution in [1.29, 1.82) is 0 Å². The topological polar surface area (TPSA) is 55.6 Å². The number of aromatic nitrogens is 4. The van der Waals surface area contributed by atoms with Crippen molar-refractivity contribution in [3.63, 3.8) is 0 Å². The van der Waals surface area contributed by atoms with E-state index in [1.165, 1.54) is 5.56 Å². The molecule has 0 fully saturated rings. The Labute approximate surface area is 156 Å². The largest absolute Gasteiger partial charge is 0.340 e. The molecule has 0 atom stereocenters. The van der Waals surface area contributed by atoms with Gasteiger partial charge in [-0.15, -0.1) is 0 Å². The summed E-state index contributed by atoms with van der Waals surface area (Å²) in [5.41, 5.74) is 4.82. The molecule has 0 bridgehead atoms. The lowest BCUT2D eigenvalue weighted by Crippen LogP contribution is -1.99. The first-order chi connectivity index (χ1) is 12.7. The SMILES string of the molecule is CCc1ccc(Nc2ncnc3c2c(C)nn3-c2ccc(Cl)cc2)cc1. The van der Waals surface area contributed by atoms with Gasteiger partial charge in [0, 0.05) is 10.7 Å². The quantitative estimate of drug-likeness (QED) is 0.549. The molecular formula is C20H18ClN5. The summed E-state index contributed by atoms with van der Waals surface area (Å²) in [6, 6.07) is 15.9. The van der Waals surface area contributed by atoms with Crippen LogP contribution in [0, 0.1) is 6.92 Å². The molecule has 4 aromatic rings. The minimum Gasteiger partial charge on any atom is -0.340 e. The van der Waals surface area contributed by atoms with Crippen LogP contribution in [0.2, 0.25) is 5.02 Å². The van der Waals surface area contributed by atoms with E-state index in [9.17, 15) is 0 Å². The van der Waals surface area contributed by atoms with Crippen LogP contribution in [-0.2, 0) is 6.42 Å². The molecule has 1 N–H and O–H groups in total. The number of benzene rings is 2. The minimum atomic E-state index is 0.689. The standard InChI is InChI=1S/C20H18ClN5/c1-3-14-4-8-16(9-5-14)24-19-18-13(2)25-26(20(18)23-12-22-19)17-10-6-15(21)7-11-17/h4-12H,3H2,1-2H3,(H,22,23,24). The lowest BCUT2D eigenvalue weighted by atomic mass is 10.1. The van der Waals surface area contributed by atoms with Gasteiger partial charge in [0.05, 0.1) is 16.8 Å². The van der Waals surface area contributed by atoms with E-state index in [2.05, 4.69) is 51.6 Å². The molecule has 130 valence electrons. The van der Waals surface area contributed by atoms with Crippen LogP contribution in [0.1, 0.15) is 18.2 Å². The molecule has 2 aromatic carbocycles. The lowest BCUT2D eigenvalue weighted by molar-refractivity contribution is 0.876. The van der Waals surface area contributed by atoms with E-state index in [4.69, 9.17) is 11.6 Å². The van der Waals surface area contributed by atoms with Gasteiger partial charge in [-0.2, -0.15) is 5.10 Å². The smallest absolute Gasteiger partial charge is 0.168 e. The predicted octanol–water partition coefficient (Wildman–Crippen LogP) is 5.08. The van der Waals surface area contributed by atoms with Gasteiger partial charge < -0.3 is 5.32 Å². The Morgan fingerprint density at radius 3 is 2.42 bits per heavy atom. The van der Waals surface area contributed by atoms with E-state index in [1.54, 1.807) is 6.33 Å². The van der Waals surface area contributed by atoms with Crippen LogP contribution >= 0.6 is 11.6 Å². The number of halogens is 1. The fourth-order valence-electron chi connectivity index (χ4n) is 2.93. The number of rotatable bonds is 4. The molecule has 6 heteroatoms. The van der Waals surface area contributed by atoms with Gasteiger partial charge in [-0.3, -0.25) is 0 Å². The first kappa shape index (κ1) is 16.5. The first-order valence-corrected chi connectivity index (χ1v) is 8.85. The maximum absolute atomic E-state index is 5.99. The Kier molecular flexibility index (Phi) is 4.31. The van der Waals surface area contributed by atoms with Gasteiger partial charge in [-0.1, -0.05) is 30.7 Å². The number of aryl methyl sites for hydroxylation is 2. The molecule has 2 heterocycles. The summed E-state index contributed by atoms with van der Waals surface area (Å²) in [4.78, 5) is 8.88. The maximum atomic E-state index is 5.99. The van der Waals surface area contributed by atoms with Crippen LogP contribution in [-0.4, -0.2) is 19.7 Å². The molecule has 0 spiro atoms. The fraction of sp³-hybridized carbons (Fsp3) is 0.150. The van der Waals surface area contributed by atoms with Crippen LogP contribution in [0.5, 0.6) is 0 Å². The second-order valence-corrected chi connectivity index (χ2v) is 6.51. The van der Waals surface area contributed by atoms with Crippen molar-refractivity contribution in [2.75, 3.05) is 5.32 Å². The third-order valence-electron chi connectivity index (χ3n) is 4.34. The number of nitrogens with one attached hydrogen (secondary N) is 1.